The summed E-state index contributed by atoms with van der Waals surface area (Å²) in [5, 5.41) is 6.07. The van der Waals surface area contributed by atoms with Crippen LogP contribution in [0.1, 0.15) is 26.2 Å². The van der Waals surface area contributed by atoms with Gasteiger partial charge in [0, 0.05) is 31.4 Å². The monoisotopic (exact) mass is 282 g/mol. The molecule has 0 aromatic rings. The molecule has 1 fully saturated rings. The second-order valence-electron chi connectivity index (χ2n) is 3.88. The maximum absolute atomic E-state index is 11.6. The lowest BCUT2D eigenvalue weighted by molar-refractivity contribution is -0.122. The van der Waals surface area contributed by atoms with Gasteiger partial charge in [-0.25, -0.2) is 0 Å². The Bertz CT molecular complexity index is 202. The van der Waals surface area contributed by atoms with Crippen LogP contribution >= 0.6 is 24.2 Å². The van der Waals surface area contributed by atoms with E-state index in [4.69, 9.17) is 4.74 Å². The van der Waals surface area contributed by atoms with Crippen LogP contribution in [0, 0.1) is 0 Å². The van der Waals surface area contributed by atoms with Crippen molar-refractivity contribution in [1.82, 2.24) is 10.6 Å². The highest BCUT2D eigenvalue weighted by molar-refractivity contribution is 7.99. The first-order valence-corrected chi connectivity index (χ1v) is 7.16. The number of ether oxygens (including phenoxy) is 1. The second kappa shape index (κ2) is 11.1. The van der Waals surface area contributed by atoms with Crippen molar-refractivity contribution in [3.05, 3.63) is 0 Å². The highest BCUT2D eigenvalue weighted by Crippen LogP contribution is 2.08. The summed E-state index contributed by atoms with van der Waals surface area (Å²) < 4.78 is 5.41. The van der Waals surface area contributed by atoms with E-state index >= 15 is 0 Å². The number of hydrogen-bond acceptors (Lipinski definition) is 4. The maximum Gasteiger partial charge on any atom is 0.238 e. The summed E-state index contributed by atoms with van der Waals surface area (Å²) >= 11 is 1.77. The molecule has 0 saturated carbocycles. The zero-order chi connectivity index (χ0) is 11.6. The number of carbonyl (C=O) groups is 1. The van der Waals surface area contributed by atoms with Gasteiger partial charge in [0.05, 0.1) is 6.04 Å². The Hall–Kier alpha value is 0.0300. The normalized spacial score (nSPS) is 18.8. The van der Waals surface area contributed by atoms with Crippen LogP contribution in [0.4, 0.5) is 0 Å². The lowest BCUT2D eigenvalue weighted by Crippen LogP contribution is -2.42. The number of nitrogens with one attached hydrogen (secondary N) is 2. The van der Waals surface area contributed by atoms with Gasteiger partial charge in [-0.3, -0.25) is 10.1 Å². The van der Waals surface area contributed by atoms with Crippen LogP contribution in [0.2, 0.25) is 0 Å². The third kappa shape index (κ3) is 7.86. The SMILES string of the molecule is CCCCOCCCNC(=O)C1CSCN1.Cl. The van der Waals surface area contributed by atoms with Crippen molar-refractivity contribution < 1.29 is 9.53 Å². The van der Waals surface area contributed by atoms with Crippen molar-refractivity contribution in [2.45, 2.75) is 32.2 Å². The summed E-state index contributed by atoms with van der Waals surface area (Å²) in [6.07, 6.45) is 3.19. The average molecular weight is 283 g/mol. The van der Waals surface area contributed by atoms with Crippen molar-refractivity contribution in [1.29, 1.82) is 0 Å². The molecule has 1 rings (SSSR count). The molecule has 1 atom stereocenters. The van der Waals surface area contributed by atoms with Gasteiger partial charge < -0.3 is 10.1 Å². The third-order valence-corrected chi connectivity index (χ3v) is 3.38. The molecule has 0 aliphatic carbocycles. The summed E-state index contributed by atoms with van der Waals surface area (Å²) in [6, 6.07) is 0.00556. The lowest BCUT2D eigenvalue weighted by atomic mass is 10.3. The number of rotatable bonds is 8. The van der Waals surface area contributed by atoms with Gasteiger partial charge >= 0.3 is 0 Å². The van der Waals surface area contributed by atoms with Crippen LogP contribution in [-0.2, 0) is 9.53 Å². The fourth-order valence-electron chi connectivity index (χ4n) is 1.42. The predicted molar refractivity (Wildman–Crippen MR) is 74.9 cm³/mol. The Morgan fingerprint density at radius 3 is 2.88 bits per heavy atom. The molecular weight excluding hydrogens is 260 g/mol. The molecule has 4 nitrogen and oxygen atoms in total. The Kier molecular flexibility index (Phi) is 11.2. The van der Waals surface area contributed by atoms with E-state index in [1.165, 1.54) is 6.42 Å². The van der Waals surface area contributed by atoms with Gasteiger partial charge in [0.15, 0.2) is 0 Å². The summed E-state index contributed by atoms with van der Waals surface area (Å²) in [7, 11) is 0. The van der Waals surface area contributed by atoms with Crippen LogP contribution in [0.15, 0.2) is 0 Å². The van der Waals surface area contributed by atoms with Crippen LogP contribution in [-0.4, -0.2) is 43.3 Å². The van der Waals surface area contributed by atoms with Crippen molar-refractivity contribution in [3.63, 3.8) is 0 Å². The molecule has 1 heterocycles. The van der Waals surface area contributed by atoms with Crippen LogP contribution in [0.3, 0.4) is 0 Å². The number of amides is 1. The van der Waals surface area contributed by atoms with Gasteiger partial charge in [-0.1, -0.05) is 13.3 Å². The quantitative estimate of drug-likeness (QED) is 0.661. The molecule has 102 valence electrons. The van der Waals surface area contributed by atoms with E-state index in [0.29, 0.717) is 6.54 Å². The predicted octanol–water partition coefficient (Wildman–Crippen LogP) is 1.39. The first kappa shape index (κ1) is 17.0. The molecule has 1 aliphatic rings. The highest BCUT2D eigenvalue weighted by atomic mass is 35.5. The topological polar surface area (TPSA) is 50.4 Å². The lowest BCUT2D eigenvalue weighted by Gasteiger charge is -2.10. The molecule has 2 N–H and O–H groups in total. The van der Waals surface area contributed by atoms with Gasteiger partial charge in [-0.05, 0) is 12.8 Å². The number of unbranched alkanes of at least 4 members (excludes halogenated alkanes) is 1. The van der Waals surface area contributed by atoms with Gasteiger partial charge in [0.25, 0.3) is 0 Å². The molecule has 0 bridgehead atoms. The molecule has 0 radical (unpaired) electrons. The minimum atomic E-state index is 0. The zero-order valence-corrected chi connectivity index (χ0v) is 12.0. The number of thioether (sulfide) groups is 1. The molecule has 17 heavy (non-hydrogen) atoms. The number of hydrogen-bond donors (Lipinski definition) is 2. The van der Waals surface area contributed by atoms with Crippen molar-refractivity contribution in [2.75, 3.05) is 31.4 Å². The molecule has 0 spiro atoms. The Balaban J connectivity index is 0.00000256. The average Bonchev–Trinajstić information content (AvgIpc) is 2.81. The summed E-state index contributed by atoms with van der Waals surface area (Å²) in [5.41, 5.74) is 0. The molecule has 6 heteroatoms. The minimum absolute atomic E-state index is 0. The van der Waals surface area contributed by atoms with E-state index in [1.54, 1.807) is 11.8 Å². The van der Waals surface area contributed by atoms with Crippen LogP contribution in [0.25, 0.3) is 0 Å². The van der Waals surface area contributed by atoms with Gasteiger partial charge in [-0.2, -0.15) is 0 Å². The second-order valence-corrected chi connectivity index (χ2v) is 4.91. The summed E-state index contributed by atoms with van der Waals surface area (Å²) in [4.78, 5) is 11.6. The summed E-state index contributed by atoms with van der Waals surface area (Å²) in [6.45, 7) is 4.45. The molecule has 1 amide bonds. The van der Waals surface area contributed by atoms with Crippen molar-refractivity contribution in [3.8, 4) is 0 Å². The van der Waals surface area contributed by atoms with E-state index in [1.807, 2.05) is 0 Å². The smallest absolute Gasteiger partial charge is 0.238 e. The maximum atomic E-state index is 11.6. The Labute approximate surface area is 114 Å². The van der Waals surface area contributed by atoms with Gasteiger partial charge in [0.2, 0.25) is 5.91 Å². The fraction of sp³-hybridized carbons (Fsp3) is 0.909. The van der Waals surface area contributed by atoms with E-state index in [2.05, 4.69) is 17.6 Å². The first-order chi connectivity index (χ1) is 7.84. The van der Waals surface area contributed by atoms with Crippen molar-refractivity contribution >= 4 is 30.1 Å². The highest BCUT2D eigenvalue weighted by Gasteiger charge is 2.21. The molecule has 0 aromatic carbocycles. The van der Waals surface area contributed by atoms with Crippen LogP contribution < -0.4 is 10.6 Å². The van der Waals surface area contributed by atoms with Crippen molar-refractivity contribution in [2.24, 2.45) is 0 Å². The first-order valence-electron chi connectivity index (χ1n) is 6.01. The minimum Gasteiger partial charge on any atom is -0.381 e. The Morgan fingerprint density at radius 2 is 2.24 bits per heavy atom. The van der Waals surface area contributed by atoms with Gasteiger partial charge in [0.1, 0.15) is 0 Å². The number of carbonyl (C=O) groups excluding carboxylic acids is 1. The van der Waals surface area contributed by atoms with E-state index in [9.17, 15) is 4.79 Å². The Morgan fingerprint density at radius 1 is 1.47 bits per heavy atom. The van der Waals surface area contributed by atoms with E-state index in [-0.39, 0.29) is 24.4 Å². The third-order valence-electron chi connectivity index (χ3n) is 2.44. The van der Waals surface area contributed by atoms with E-state index in [0.717, 1.165) is 37.7 Å². The molecule has 1 unspecified atom stereocenters. The number of halogens is 1. The fourth-order valence-corrected chi connectivity index (χ4v) is 2.36. The van der Waals surface area contributed by atoms with E-state index < -0.39 is 0 Å². The standard InChI is InChI=1S/C11H22N2O2S.ClH/c1-2-3-6-15-7-4-5-12-11(14)10-8-16-9-13-10;/h10,13H,2-9H2,1H3,(H,12,14);1H. The molecule has 0 aromatic heterocycles. The summed E-state index contributed by atoms with van der Waals surface area (Å²) in [5.74, 6) is 1.90. The van der Waals surface area contributed by atoms with Gasteiger partial charge in [-0.15, -0.1) is 24.2 Å². The molecule has 1 saturated heterocycles. The zero-order valence-electron chi connectivity index (χ0n) is 10.4. The molecular formula is C11H23ClN2O2S. The largest absolute Gasteiger partial charge is 0.381 e. The molecule has 1 aliphatic heterocycles. The van der Waals surface area contributed by atoms with Crippen LogP contribution in [0.5, 0.6) is 0 Å².